The van der Waals surface area contributed by atoms with Gasteiger partial charge in [0.2, 0.25) is 0 Å². The first-order chi connectivity index (χ1) is 8.47. The van der Waals surface area contributed by atoms with Crippen molar-refractivity contribution in [2.75, 3.05) is 0 Å². The zero-order valence-electron chi connectivity index (χ0n) is 12.2. The zero-order chi connectivity index (χ0) is 13.3. The minimum Gasteiger partial charge on any atom is -0.324 e. The summed E-state index contributed by atoms with van der Waals surface area (Å²) in [5.41, 5.74) is 10.6. The van der Waals surface area contributed by atoms with E-state index < -0.39 is 0 Å². The largest absolute Gasteiger partial charge is 0.324 e. The van der Waals surface area contributed by atoms with Crippen LogP contribution in [-0.2, 0) is 0 Å². The van der Waals surface area contributed by atoms with E-state index in [1.807, 2.05) is 0 Å². The lowest BCUT2D eigenvalue weighted by atomic mass is 9.72. The van der Waals surface area contributed by atoms with Crippen molar-refractivity contribution < 1.29 is 0 Å². The second-order valence-corrected chi connectivity index (χ2v) is 6.55. The molecular formula is C17H27N. The van der Waals surface area contributed by atoms with Gasteiger partial charge in [-0.15, -0.1) is 0 Å². The van der Waals surface area contributed by atoms with Gasteiger partial charge in [0.05, 0.1) is 0 Å². The van der Waals surface area contributed by atoms with Gasteiger partial charge in [-0.3, -0.25) is 0 Å². The van der Waals surface area contributed by atoms with Gasteiger partial charge in [0.1, 0.15) is 0 Å². The number of aryl methyl sites for hydroxylation is 2. The quantitative estimate of drug-likeness (QED) is 0.822. The van der Waals surface area contributed by atoms with E-state index in [-0.39, 0.29) is 6.04 Å². The fourth-order valence-electron chi connectivity index (χ4n) is 3.55. The van der Waals surface area contributed by atoms with Crippen LogP contribution in [0.2, 0.25) is 0 Å². The van der Waals surface area contributed by atoms with Gasteiger partial charge in [-0.25, -0.2) is 0 Å². The van der Waals surface area contributed by atoms with Crippen molar-refractivity contribution in [3.8, 4) is 0 Å². The van der Waals surface area contributed by atoms with Gasteiger partial charge >= 0.3 is 0 Å². The smallest absolute Gasteiger partial charge is 0.0323 e. The summed E-state index contributed by atoms with van der Waals surface area (Å²) in [5, 5.41) is 0. The second kappa shape index (κ2) is 5.44. The number of benzene rings is 1. The van der Waals surface area contributed by atoms with E-state index in [9.17, 15) is 0 Å². The molecule has 0 saturated heterocycles. The van der Waals surface area contributed by atoms with Crippen molar-refractivity contribution in [2.24, 2.45) is 23.5 Å². The average Bonchev–Trinajstić information content (AvgIpc) is 2.30. The van der Waals surface area contributed by atoms with E-state index in [0.29, 0.717) is 5.92 Å². The molecule has 3 atom stereocenters. The van der Waals surface area contributed by atoms with E-state index in [2.05, 4.69) is 45.9 Å². The van der Waals surface area contributed by atoms with Gasteiger partial charge in [-0.2, -0.15) is 0 Å². The Morgan fingerprint density at radius 2 is 1.61 bits per heavy atom. The van der Waals surface area contributed by atoms with Crippen molar-refractivity contribution in [2.45, 2.75) is 53.0 Å². The van der Waals surface area contributed by atoms with Gasteiger partial charge in [0.15, 0.2) is 0 Å². The molecule has 1 heteroatoms. The van der Waals surface area contributed by atoms with Gasteiger partial charge in [0.25, 0.3) is 0 Å². The van der Waals surface area contributed by atoms with Crippen molar-refractivity contribution in [1.29, 1.82) is 0 Å². The van der Waals surface area contributed by atoms with Crippen LogP contribution in [0.25, 0.3) is 0 Å². The lowest BCUT2D eigenvalue weighted by molar-refractivity contribution is 0.193. The minimum absolute atomic E-state index is 0.217. The van der Waals surface area contributed by atoms with E-state index in [0.717, 1.165) is 11.8 Å². The van der Waals surface area contributed by atoms with Crippen molar-refractivity contribution in [3.63, 3.8) is 0 Å². The molecule has 0 heterocycles. The van der Waals surface area contributed by atoms with Crippen LogP contribution in [0, 0.1) is 31.6 Å². The normalized spacial score (nSPS) is 30.2. The van der Waals surface area contributed by atoms with Gasteiger partial charge in [0, 0.05) is 6.04 Å². The molecule has 2 N–H and O–H groups in total. The Labute approximate surface area is 112 Å². The predicted octanol–water partition coefficient (Wildman–Crippen LogP) is 4.38. The van der Waals surface area contributed by atoms with E-state index >= 15 is 0 Å². The maximum absolute atomic E-state index is 6.51. The molecule has 100 valence electrons. The first-order valence-electron chi connectivity index (χ1n) is 7.30. The lowest BCUT2D eigenvalue weighted by Gasteiger charge is -2.35. The molecule has 1 aromatic carbocycles. The summed E-state index contributed by atoms with van der Waals surface area (Å²) >= 11 is 0. The highest BCUT2D eigenvalue weighted by Crippen LogP contribution is 2.38. The maximum atomic E-state index is 6.51. The van der Waals surface area contributed by atoms with Gasteiger partial charge in [-0.05, 0) is 67.6 Å². The molecule has 0 bridgehead atoms. The third-order valence-electron chi connectivity index (χ3n) is 4.64. The molecule has 1 aromatic rings. The Morgan fingerprint density at radius 3 is 2.17 bits per heavy atom. The molecule has 1 aliphatic carbocycles. The molecule has 0 spiro atoms. The SMILES string of the molecule is Cc1ccc(C(N)C2CC(C)CC(C)C2)cc1C. The number of hydrogen-bond acceptors (Lipinski definition) is 1. The zero-order valence-corrected chi connectivity index (χ0v) is 12.2. The Morgan fingerprint density at radius 1 is 1.00 bits per heavy atom. The van der Waals surface area contributed by atoms with Crippen LogP contribution in [-0.4, -0.2) is 0 Å². The molecule has 1 saturated carbocycles. The third-order valence-corrected chi connectivity index (χ3v) is 4.64. The standard InChI is InChI=1S/C17H27N/c1-11-7-12(2)9-16(8-11)17(18)15-6-5-13(3)14(4)10-15/h5-6,10-12,16-17H,7-9,18H2,1-4H3. The van der Waals surface area contributed by atoms with E-state index in [1.165, 1.54) is 36.0 Å². The van der Waals surface area contributed by atoms with Crippen LogP contribution in [0.5, 0.6) is 0 Å². The molecule has 0 aliphatic heterocycles. The highest BCUT2D eigenvalue weighted by molar-refractivity contribution is 5.31. The minimum atomic E-state index is 0.217. The Kier molecular flexibility index (Phi) is 4.11. The molecule has 18 heavy (non-hydrogen) atoms. The first-order valence-corrected chi connectivity index (χ1v) is 7.30. The number of hydrogen-bond donors (Lipinski definition) is 1. The van der Waals surface area contributed by atoms with Crippen LogP contribution in [0.1, 0.15) is 55.8 Å². The average molecular weight is 245 g/mol. The van der Waals surface area contributed by atoms with Crippen LogP contribution in [0.4, 0.5) is 0 Å². The summed E-state index contributed by atoms with van der Waals surface area (Å²) in [6.07, 6.45) is 3.95. The van der Waals surface area contributed by atoms with Crippen LogP contribution >= 0.6 is 0 Å². The van der Waals surface area contributed by atoms with Crippen LogP contribution < -0.4 is 5.73 Å². The highest BCUT2D eigenvalue weighted by atomic mass is 14.7. The molecule has 1 aliphatic rings. The molecule has 0 aromatic heterocycles. The molecule has 0 amide bonds. The summed E-state index contributed by atoms with van der Waals surface area (Å²) in [6.45, 7) is 9.08. The monoisotopic (exact) mass is 245 g/mol. The Hall–Kier alpha value is -0.820. The molecule has 1 nitrogen and oxygen atoms in total. The molecule has 3 unspecified atom stereocenters. The molecule has 0 radical (unpaired) electrons. The summed E-state index contributed by atoms with van der Waals surface area (Å²) in [6, 6.07) is 6.93. The topological polar surface area (TPSA) is 26.0 Å². The lowest BCUT2D eigenvalue weighted by Crippen LogP contribution is -2.29. The molecular weight excluding hydrogens is 218 g/mol. The van der Waals surface area contributed by atoms with Crippen LogP contribution in [0.3, 0.4) is 0 Å². The summed E-state index contributed by atoms with van der Waals surface area (Å²) < 4.78 is 0. The summed E-state index contributed by atoms with van der Waals surface area (Å²) in [5.74, 6) is 2.32. The van der Waals surface area contributed by atoms with E-state index in [4.69, 9.17) is 5.73 Å². The van der Waals surface area contributed by atoms with Crippen molar-refractivity contribution in [1.82, 2.24) is 0 Å². The summed E-state index contributed by atoms with van der Waals surface area (Å²) in [4.78, 5) is 0. The van der Waals surface area contributed by atoms with Gasteiger partial charge < -0.3 is 5.73 Å². The molecule has 1 fully saturated rings. The third kappa shape index (κ3) is 2.95. The van der Waals surface area contributed by atoms with Crippen LogP contribution in [0.15, 0.2) is 18.2 Å². The fourth-order valence-corrected chi connectivity index (χ4v) is 3.55. The Balaban J connectivity index is 2.14. The maximum Gasteiger partial charge on any atom is 0.0323 e. The van der Waals surface area contributed by atoms with Crippen molar-refractivity contribution in [3.05, 3.63) is 34.9 Å². The Bertz CT molecular complexity index is 400. The second-order valence-electron chi connectivity index (χ2n) is 6.55. The first kappa shape index (κ1) is 13.6. The predicted molar refractivity (Wildman–Crippen MR) is 78.5 cm³/mol. The number of nitrogens with two attached hydrogens (primary N) is 1. The number of rotatable bonds is 2. The van der Waals surface area contributed by atoms with E-state index in [1.54, 1.807) is 0 Å². The van der Waals surface area contributed by atoms with Crippen molar-refractivity contribution >= 4 is 0 Å². The van der Waals surface area contributed by atoms with Gasteiger partial charge in [-0.1, -0.05) is 32.0 Å². The highest BCUT2D eigenvalue weighted by Gasteiger charge is 2.28. The summed E-state index contributed by atoms with van der Waals surface area (Å²) in [7, 11) is 0. The fraction of sp³-hybridized carbons (Fsp3) is 0.647. The molecule has 2 rings (SSSR count).